The molecule has 0 saturated heterocycles. The van der Waals surface area contributed by atoms with Crippen molar-refractivity contribution < 1.29 is 9.47 Å². The van der Waals surface area contributed by atoms with Gasteiger partial charge >= 0.3 is 0 Å². The van der Waals surface area contributed by atoms with Gasteiger partial charge in [-0.25, -0.2) is 0 Å². The van der Waals surface area contributed by atoms with Crippen LogP contribution in [0.1, 0.15) is 0 Å². The van der Waals surface area contributed by atoms with Crippen molar-refractivity contribution >= 4 is 10.9 Å². The number of aromatic amines is 1. The van der Waals surface area contributed by atoms with Crippen LogP contribution in [0, 0.1) is 0 Å². The minimum Gasteiger partial charge on any atom is -0.495 e. The highest BCUT2D eigenvalue weighted by atomic mass is 16.5. The normalized spacial score (nSPS) is 10.6. The van der Waals surface area contributed by atoms with E-state index in [1.807, 2.05) is 13.1 Å². The molecular weight excluding hydrogens is 232 g/mol. The van der Waals surface area contributed by atoms with Gasteiger partial charge in [-0.3, -0.25) is 4.79 Å². The molecule has 0 unspecified atom stereocenters. The van der Waals surface area contributed by atoms with Gasteiger partial charge in [-0.15, -0.1) is 0 Å². The predicted molar refractivity (Wildman–Crippen MR) is 70.5 cm³/mol. The summed E-state index contributed by atoms with van der Waals surface area (Å²) in [4.78, 5) is 14.1. The third-order valence-electron chi connectivity index (χ3n) is 2.65. The Morgan fingerprint density at radius 3 is 2.72 bits per heavy atom. The van der Waals surface area contributed by atoms with E-state index in [1.165, 1.54) is 6.07 Å². The SMILES string of the molecule is CNCCOc1ccc(OC)c2[nH]c(=O)ccc12. The van der Waals surface area contributed by atoms with Crippen molar-refractivity contribution in [3.8, 4) is 11.5 Å². The molecule has 0 fully saturated rings. The van der Waals surface area contributed by atoms with Crippen molar-refractivity contribution in [2.45, 2.75) is 0 Å². The molecule has 5 heteroatoms. The van der Waals surface area contributed by atoms with Crippen LogP contribution in [0.2, 0.25) is 0 Å². The number of ether oxygens (including phenoxy) is 2. The highest BCUT2D eigenvalue weighted by Crippen LogP contribution is 2.30. The van der Waals surface area contributed by atoms with Crippen LogP contribution >= 0.6 is 0 Å². The molecule has 1 aromatic carbocycles. The Bertz CT molecular complexity index is 592. The maximum Gasteiger partial charge on any atom is 0.248 e. The molecule has 2 aromatic rings. The lowest BCUT2D eigenvalue weighted by Crippen LogP contribution is -2.16. The summed E-state index contributed by atoms with van der Waals surface area (Å²) in [5.74, 6) is 1.36. The van der Waals surface area contributed by atoms with E-state index in [1.54, 1.807) is 19.2 Å². The molecule has 2 rings (SSSR count). The van der Waals surface area contributed by atoms with Gasteiger partial charge in [0.2, 0.25) is 5.56 Å². The van der Waals surface area contributed by atoms with Crippen molar-refractivity contribution in [2.24, 2.45) is 0 Å². The van der Waals surface area contributed by atoms with Crippen LogP contribution < -0.4 is 20.3 Å². The number of hydrogen-bond donors (Lipinski definition) is 2. The third kappa shape index (κ3) is 2.46. The summed E-state index contributed by atoms with van der Waals surface area (Å²) in [5.41, 5.74) is 0.500. The second-order valence-corrected chi connectivity index (χ2v) is 3.83. The number of benzene rings is 1. The van der Waals surface area contributed by atoms with E-state index in [0.29, 0.717) is 17.9 Å². The van der Waals surface area contributed by atoms with Gasteiger partial charge in [0, 0.05) is 18.0 Å². The maximum atomic E-state index is 11.4. The van der Waals surface area contributed by atoms with Crippen LogP contribution in [-0.2, 0) is 0 Å². The Hall–Kier alpha value is -2.01. The first kappa shape index (κ1) is 12.4. The lowest BCUT2D eigenvalue weighted by Gasteiger charge is -2.11. The fourth-order valence-electron chi connectivity index (χ4n) is 1.76. The Kier molecular flexibility index (Phi) is 3.84. The molecule has 1 aromatic heterocycles. The van der Waals surface area contributed by atoms with E-state index >= 15 is 0 Å². The Labute approximate surface area is 105 Å². The molecule has 0 aliphatic rings. The van der Waals surface area contributed by atoms with Gasteiger partial charge < -0.3 is 19.8 Å². The molecule has 18 heavy (non-hydrogen) atoms. The van der Waals surface area contributed by atoms with Crippen molar-refractivity contribution in [3.05, 3.63) is 34.6 Å². The molecule has 0 spiro atoms. The third-order valence-corrected chi connectivity index (χ3v) is 2.65. The molecule has 5 nitrogen and oxygen atoms in total. The summed E-state index contributed by atoms with van der Waals surface area (Å²) in [7, 11) is 3.44. The first-order valence-electron chi connectivity index (χ1n) is 5.73. The molecule has 0 bridgehead atoms. The van der Waals surface area contributed by atoms with Crippen LogP contribution in [0.3, 0.4) is 0 Å². The number of fused-ring (bicyclic) bond motifs is 1. The minimum atomic E-state index is -0.159. The Morgan fingerprint density at radius 2 is 2.00 bits per heavy atom. The van der Waals surface area contributed by atoms with Crippen molar-refractivity contribution in [3.63, 3.8) is 0 Å². The quantitative estimate of drug-likeness (QED) is 0.779. The van der Waals surface area contributed by atoms with Crippen LogP contribution in [0.15, 0.2) is 29.1 Å². The van der Waals surface area contributed by atoms with E-state index in [2.05, 4.69) is 10.3 Å². The Morgan fingerprint density at radius 1 is 1.22 bits per heavy atom. The van der Waals surface area contributed by atoms with Gasteiger partial charge in [-0.1, -0.05) is 0 Å². The maximum absolute atomic E-state index is 11.4. The zero-order valence-corrected chi connectivity index (χ0v) is 10.4. The van der Waals surface area contributed by atoms with E-state index in [-0.39, 0.29) is 5.56 Å². The van der Waals surface area contributed by atoms with E-state index < -0.39 is 0 Å². The van der Waals surface area contributed by atoms with Crippen LogP contribution in [0.25, 0.3) is 10.9 Å². The summed E-state index contributed by atoms with van der Waals surface area (Å²) in [6, 6.07) is 6.85. The van der Waals surface area contributed by atoms with Gasteiger partial charge in [0.1, 0.15) is 18.1 Å². The Balaban J connectivity index is 2.46. The summed E-state index contributed by atoms with van der Waals surface area (Å²) >= 11 is 0. The van der Waals surface area contributed by atoms with E-state index in [9.17, 15) is 4.79 Å². The number of H-pyrrole nitrogens is 1. The number of hydrogen-bond acceptors (Lipinski definition) is 4. The second kappa shape index (κ2) is 5.55. The number of aromatic nitrogens is 1. The largest absolute Gasteiger partial charge is 0.495 e. The average molecular weight is 248 g/mol. The van der Waals surface area contributed by atoms with Crippen molar-refractivity contribution in [1.82, 2.24) is 10.3 Å². The molecule has 96 valence electrons. The molecule has 0 aliphatic heterocycles. The monoisotopic (exact) mass is 248 g/mol. The molecule has 0 atom stereocenters. The molecular formula is C13H16N2O3. The molecule has 0 aliphatic carbocycles. The lowest BCUT2D eigenvalue weighted by atomic mass is 10.2. The van der Waals surface area contributed by atoms with Crippen LogP contribution in [0.5, 0.6) is 11.5 Å². The number of pyridine rings is 1. The lowest BCUT2D eigenvalue weighted by molar-refractivity contribution is 0.321. The highest BCUT2D eigenvalue weighted by Gasteiger charge is 2.08. The summed E-state index contributed by atoms with van der Waals surface area (Å²) < 4.78 is 10.9. The molecule has 1 heterocycles. The first-order valence-corrected chi connectivity index (χ1v) is 5.73. The average Bonchev–Trinajstić information content (AvgIpc) is 2.38. The summed E-state index contributed by atoms with van der Waals surface area (Å²) in [6.07, 6.45) is 0. The summed E-state index contributed by atoms with van der Waals surface area (Å²) in [6.45, 7) is 1.33. The van der Waals surface area contributed by atoms with Crippen LogP contribution in [-0.4, -0.2) is 32.3 Å². The van der Waals surface area contributed by atoms with Gasteiger partial charge in [0.15, 0.2) is 0 Å². The number of likely N-dealkylation sites (N-methyl/N-ethyl adjacent to an activating group) is 1. The zero-order valence-electron chi connectivity index (χ0n) is 10.4. The zero-order chi connectivity index (χ0) is 13.0. The van der Waals surface area contributed by atoms with E-state index in [0.717, 1.165) is 17.7 Å². The number of rotatable bonds is 5. The smallest absolute Gasteiger partial charge is 0.248 e. The number of methoxy groups -OCH3 is 1. The molecule has 2 N–H and O–H groups in total. The minimum absolute atomic E-state index is 0.159. The highest BCUT2D eigenvalue weighted by molar-refractivity contribution is 5.89. The van der Waals surface area contributed by atoms with E-state index in [4.69, 9.17) is 9.47 Å². The van der Waals surface area contributed by atoms with Gasteiger partial charge in [-0.2, -0.15) is 0 Å². The summed E-state index contributed by atoms with van der Waals surface area (Å²) in [5, 5.41) is 3.85. The molecule has 0 saturated carbocycles. The van der Waals surface area contributed by atoms with Gasteiger partial charge in [0.25, 0.3) is 0 Å². The fourth-order valence-corrected chi connectivity index (χ4v) is 1.76. The van der Waals surface area contributed by atoms with Crippen LogP contribution in [0.4, 0.5) is 0 Å². The number of nitrogens with one attached hydrogen (secondary N) is 2. The standard InChI is InChI=1S/C13H16N2O3/c1-14-7-8-18-10-4-5-11(17-2)13-9(10)3-6-12(16)15-13/h3-6,14H,7-8H2,1-2H3,(H,15,16). The van der Waals surface area contributed by atoms with Gasteiger partial charge in [-0.05, 0) is 25.2 Å². The molecule has 0 radical (unpaired) electrons. The molecule has 0 amide bonds. The topological polar surface area (TPSA) is 63.4 Å². The fraction of sp³-hybridized carbons (Fsp3) is 0.308. The van der Waals surface area contributed by atoms with Gasteiger partial charge in [0.05, 0.1) is 12.6 Å². The predicted octanol–water partition coefficient (Wildman–Crippen LogP) is 1.13. The first-order chi connectivity index (χ1) is 8.76. The second-order valence-electron chi connectivity index (χ2n) is 3.83. The van der Waals surface area contributed by atoms with Crippen molar-refractivity contribution in [2.75, 3.05) is 27.3 Å². The van der Waals surface area contributed by atoms with Crippen molar-refractivity contribution in [1.29, 1.82) is 0 Å².